The van der Waals surface area contributed by atoms with Crippen molar-refractivity contribution in [3.05, 3.63) is 24.3 Å². The number of anilines is 1. The van der Waals surface area contributed by atoms with Crippen LogP contribution in [-0.2, 0) is 0 Å². The van der Waals surface area contributed by atoms with E-state index >= 15 is 0 Å². The van der Waals surface area contributed by atoms with Gasteiger partial charge in [-0.15, -0.1) is 0 Å². The van der Waals surface area contributed by atoms with Crippen LogP contribution in [0.15, 0.2) is 24.3 Å². The number of methoxy groups -OCH3 is 1. The lowest BCUT2D eigenvalue weighted by atomic mass is 10.0. The molecule has 4 heteroatoms. The number of hydrogen-bond acceptors (Lipinski definition) is 4. The summed E-state index contributed by atoms with van der Waals surface area (Å²) < 4.78 is 5.20. The smallest absolute Gasteiger partial charge is 0.119 e. The molecule has 0 aliphatic carbocycles. The highest BCUT2D eigenvalue weighted by molar-refractivity contribution is 5.50. The first-order chi connectivity index (χ1) is 9.45. The Bertz CT molecular complexity index is 425. The molecule has 1 unspecified atom stereocenters. The molecule has 0 spiro atoms. The SMILES string of the molecule is COc1ccc(N2CCN(C(C)(C)C)CC2CO)cc1. The highest BCUT2D eigenvalue weighted by atomic mass is 16.5. The van der Waals surface area contributed by atoms with Gasteiger partial charge < -0.3 is 14.7 Å². The number of hydrogen-bond donors (Lipinski definition) is 1. The van der Waals surface area contributed by atoms with E-state index in [-0.39, 0.29) is 18.2 Å². The number of rotatable bonds is 3. The van der Waals surface area contributed by atoms with Crippen molar-refractivity contribution >= 4 is 5.69 Å². The van der Waals surface area contributed by atoms with Gasteiger partial charge in [0.1, 0.15) is 5.75 Å². The molecule has 20 heavy (non-hydrogen) atoms. The van der Waals surface area contributed by atoms with Crippen LogP contribution < -0.4 is 9.64 Å². The largest absolute Gasteiger partial charge is 0.497 e. The number of aliphatic hydroxyl groups is 1. The zero-order chi connectivity index (χ0) is 14.8. The Morgan fingerprint density at radius 1 is 1.20 bits per heavy atom. The Balaban J connectivity index is 2.12. The molecule has 0 aromatic heterocycles. The van der Waals surface area contributed by atoms with Crippen molar-refractivity contribution in [2.24, 2.45) is 0 Å². The third-order valence-corrected chi connectivity index (χ3v) is 4.05. The van der Waals surface area contributed by atoms with E-state index in [0.717, 1.165) is 31.1 Å². The van der Waals surface area contributed by atoms with Crippen LogP contribution in [0.25, 0.3) is 0 Å². The summed E-state index contributed by atoms with van der Waals surface area (Å²) in [5, 5.41) is 9.71. The zero-order valence-electron chi connectivity index (χ0n) is 13.0. The van der Waals surface area contributed by atoms with Gasteiger partial charge in [0.2, 0.25) is 0 Å². The molecule has 1 heterocycles. The van der Waals surface area contributed by atoms with E-state index in [0.29, 0.717) is 0 Å². The van der Waals surface area contributed by atoms with Crippen molar-refractivity contribution in [3.8, 4) is 5.75 Å². The standard InChI is InChI=1S/C16H26N2O2/c1-16(2,3)17-9-10-18(14(11-17)12-19)13-5-7-15(20-4)8-6-13/h5-8,14,19H,9-12H2,1-4H3. The monoisotopic (exact) mass is 278 g/mol. The van der Waals surface area contributed by atoms with Gasteiger partial charge in [0.05, 0.1) is 19.8 Å². The quantitative estimate of drug-likeness (QED) is 0.917. The minimum Gasteiger partial charge on any atom is -0.497 e. The molecule has 0 radical (unpaired) electrons. The van der Waals surface area contributed by atoms with Gasteiger partial charge in [0.15, 0.2) is 0 Å². The fraction of sp³-hybridized carbons (Fsp3) is 0.625. The molecule has 1 aliphatic heterocycles. The van der Waals surface area contributed by atoms with E-state index in [9.17, 15) is 5.11 Å². The van der Waals surface area contributed by atoms with Crippen LogP contribution in [0.2, 0.25) is 0 Å². The van der Waals surface area contributed by atoms with Crippen molar-refractivity contribution < 1.29 is 9.84 Å². The molecule has 1 atom stereocenters. The molecule has 0 bridgehead atoms. The van der Waals surface area contributed by atoms with Crippen LogP contribution in [0.4, 0.5) is 5.69 Å². The van der Waals surface area contributed by atoms with Crippen LogP contribution in [0.3, 0.4) is 0 Å². The number of nitrogens with zero attached hydrogens (tertiary/aromatic N) is 2. The lowest BCUT2D eigenvalue weighted by Crippen LogP contribution is -2.59. The van der Waals surface area contributed by atoms with E-state index in [4.69, 9.17) is 4.74 Å². The summed E-state index contributed by atoms with van der Waals surface area (Å²) >= 11 is 0. The van der Waals surface area contributed by atoms with Crippen molar-refractivity contribution in [1.29, 1.82) is 0 Å². The molecular weight excluding hydrogens is 252 g/mol. The minimum absolute atomic E-state index is 0.149. The summed E-state index contributed by atoms with van der Waals surface area (Å²) in [5.41, 5.74) is 1.30. The van der Waals surface area contributed by atoms with Crippen LogP contribution in [0, 0.1) is 0 Å². The summed E-state index contributed by atoms with van der Waals surface area (Å²) in [7, 11) is 1.67. The predicted molar refractivity (Wildman–Crippen MR) is 82.5 cm³/mol. The maximum absolute atomic E-state index is 9.71. The molecular formula is C16H26N2O2. The number of ether oxygens (including phenoxy) is 1. The molecule has 2 rings (SSSR count). The zero-order valence-corrected chi connectivity index (χ0v) is 13.0. The molecule has 112 valence electrons. The molecule has 4 nitrogen and oxygen atoms in total. The molecule has 1 aliphatic rings. The number of benzene rings is 1. The maximum atomic E-state index is 9.71. The van der Waals surface area contributed by atoms with Gasteiger partial charge in [0, 0.05) is 30.9 Å². The molecule has 1 aromatic carbocycles. The van der Waals surface area contributed by atoms with Crippen LogP contribution in [0.5, 0.6) is 5.75 Å². The van der Waals surface area contributed by atoms with Crippen molar-refractivity contribution in [3.63, 3.8) is 0 Å². The van der Waals surface area contributed by atoms with Crippen molar-refractivity contribution in [2.45, 2.75) is 32.4 Å². The Morgan fingerprint density at radius 2 is 1.85 bits per heavy atom. The normalized spacial score (nSPS) is 21.1. The summed E-state index contributed by atoms with van der Waals surface area (Å²) in [6, 6.07) is 8.22. The third-order valence-electron chi connectivity index (χ3n) is 4.05. The predicted octanol–water partition coefficient (Wildman–Crippen LogP) is 1.98. The minimum atomic E-state index is 0.149. The van der Waals surface area contributed by atoms with Gasteiger partial charge in [-0.3, -0.25) is 4.90 Å². The lowest BCUT2D eigenvalue weighted by Gasteiger charge is -2.47. The van der Waals surface area contributed by atoms with Gasteiger partial charge in [-0.1, -0.05) is 0 Å². The lowest BCUT2D eigenvalue weighted by molar-refractivity contribution is 0.0908. The van der Waals surface area contributed by atoms with Gasteiger partial charge in [0.25, 0.3) is 0 Å². The van der Waals surface area contributed by atoms with Crippen LogP contribution in [0.1, 0.15) is 20.8 Å². The Kier molecular flexibility index (Phi) is 4.55. The fourth-order valence-corrected chi connectivity index (χ4v) is 2.73. The topological polar surface area (TPSA) is 35.9 Å². The molecule has 1 aromatic rings. The molecule has 1 N–H and O–H groups in total. The third kappa shape index (κ3) is 3.25. The second-order valence-electron chi connectivity index (χ2n) is 6.34. The van der Waals surface area contributed by atoms with Gasteiger partial charge in [-0.2, -0.15) is 0 Å². The fourth-order valence-electron chi connectivity index (χ4n) is 2.73. The van der Waals surface area contributed by atoms with E-state index in [1.807, 2.05) is 12.1 Å². The first-order valence-electron chi connectivity index (χ1n) is 7.22. The van der Waals surface area contributed by atoms with Gasteiger partial charge >= 0.3 is 0 Å². The Hall–Kier alpha value is -1.26. The summed E-state index contributed by atoms with van der Waals surface area (Å²) in [6.45, 7) is 9.71. The maximum Gasteiger partial charge on any atom is 0.119 e. The highest BCUT2D eigenvalue weighted by Gasteiger charge is 2.32. The van der Waals surface area contributed by atoms with Gasteiger partial charge in [-0.05, 0) is 45.0 Å². The van der Waals surface area contributed by atoms with Crippen molar-refractivity contribution in [1.82, 2.24) is 4.90 Å². The first kappa shape index (κ1) is 15.1. The number of piperazine rings is 1. The average molecular weight is 278 g/mol. The second-order valence-corrected chi connectivity index (χ2v) is 6.34. The van der Waals surface area contributed by atoms with E-state index in [1.54, 1.807) is 7.11 Å². The average Bonchev–Trinajstić information content (AvgIpc) is 2.45. The highest BCUT2D eigenvalue weighted by Crippen LogP contribution is 2.26. The Labute approximate surface area is 122 Å². The molecule has 0 amide bonds. The van der Waals surface area contributed by atoms with Gasteiger partial charge in [-0.25, -0.2) is 0 Å². The molecule has 1 fully saturated rings. The first-order valence-corrected chi connectivity index (χ1v) is 7.22. The number of aliphatic hydroxyl groups excluding tert-OH is 1. The van der Waals surface area contributed by atoms with Crippen LogP contribution >= 0.6 is 0 Å². The van der Waals surface area contributed by atoms with E-state index in [1.165, 1.54) is 0 Å². The van der Waals surface area contributed by atoms with E-state index in [2.05, 4.69) is 42.7 Å². The second kappa shape index (κ2) is 6.02. The summed E-state index contributed by atoms with van der Waals surface area (Å²) in [5.74, 6) is 0.864. The van der Waals surface area contributed by atoms with Crippen LogP contribution in [-0.4, -0.2) is 54.9 Å². The summed E-state index contributed by atoms with van der Waals surface area (Å²) in [6.07, 6.45) is 0. The summed E-state index contributed by atoms with van der Waals surface area (Å²) in [4.78, 5) is 4.73. The van der Waals surface area contributed by atoms with E-state index < -0.39 is 0 Å². The Morgan fingerprint density at radius 3 is 2.35 bits per heavy atom. The van der Waals surface area contributed by atoms with Crippen molar-refractivity contribution in [2.75, 3.05) is 38.3 Å². The molecule has 1 saturated heterocycles. The molecule has 0 saturated carbocycles.